The van der Waals surface area contributed by atoms with Crippen molar-refractivity contribution in [2.45, 2.75) is 84.7 Å². The summed E-state index contributed by atoms with van der Waals surface area (Å²) in [6.45, 7) is 11.6. The number of hydrogen-bond donors (Lipinski definition) is 1. The molecule has 1 aliphatic rings. The summed E-state index contributed by atoms with van der Waals surface area (Å²) in [6.07, 6.45) is 8.20. The molecule has 146 valence electrons. The Labute approximate surface area is 163 Å². The van der Waals surface area contributed by atoms with Crippen LogP contribution in [0.5, 0.6) is 0 Å². The first-order chi connectivity index (χ1) is 12.8. The molecular formula is C22H33N5. The van der Waals surface area contributed by atoms with Gasteiger partial charge in [0.15, 0.2) is 0 Å². The maximum absolute atomic E-state index is 6.01. The Morgan fingerprint density at radius 2 is 1.81 bits per heavy atom. The van der Waals surface area contributed by atoms with Crippen LogP contribution >= 0.6 is 0 Å². The van der Waals surface area contributed by atoms with E-state index in [-0.39, 0.29) is 5.41 Å². The summed E-state index contributed by atoms with van der Waals surface area (Å²) in [5.74, 6) is 1.32. The third kappa shape index (κ3) is 4.57. The van der Waals surface area contributed by atoms with Gasteiger partial charge in [-0.05, 0) is 49.8 Å². The van der Waals surface area contributed by atoms with Crippen LogP contribution in [0.25, 0.3) is 0 Å². The molecule has 0 saturated heterocycles. The molecule has 5 nitrogen and oxygen atoms in total. The summed E-state index contributed by atoms with van der Waals surface area (Å²) in [5, 5.41) is 0. The molecule has 0 aromatic carbocycles. The second-order valence-electron chi connectivity index (χ2n) is 8.82. The zero-order valence-corrected chi connectivity index (χ0v) is 17.4. The molecule has 1 fully saturated rings. The molecule has 2 N–H and O–H groups in total. The smallest absolute Gasteiger partial charge is 0.222 e. The minimum atomic E-state index is 0.110. The molecule has 0 amide bonds. The normalized spacial score (nSPS) is 15.7. The van der Waals surface area contributed by atoms with Gasteiger partial charge < -0.3 is 10.6 Å². The molecular weight excluding hydrogens is 334 g/mol. The number of aryl methyl sites for hydroxylation is 1. The van der Waals surface area contributed by atoms with E-state index in [1.54, 1.807) is 0 Å². The number of anilines is 2. The first kappa shape index (κ1) is 19.6. The molecule has 0 aliphatic heterocycles. The molecule has 1 saturated carbocycles. The number of rotatable bonds is 4. The van der Waals surface area contributed by atoms with Gasteiger partial charge in [0.2, 0.25) is 5.95 Å². The van der Waals surface area contributed by atoms with Gasteiger partial charge in [0, 0.05) is 23.5 Å². The molecule has 0 radical (unpaired) electrons. The number of nitrogen functional groups attached to an aromatic ring is 1. The van der Waals surface area contributed by atoms with E-state index in [2.05, 4.69) is 59.7 Å². The zero-order chi connectivity index (χ0) is 19.6. The molecule has 1 aliphatic carbocycles. The minimum Gasteiger partial charge on any atom is -0.368 e. The van der Waals surface area contributed by atoms with Gasteiger partial charge in [-0.25, -0.2) is 4.98 Å². The minimum absolute atomic E-state index is 0.110. The van der Waals surface area contributed by atoms with Crippen molar-refractivity contribution >= 4 is 11.8 Å². The average Bonchev–Trinajstić information content (AvgIpc) is 2.63. The second kappa shape index (κ2) is 7.83. The van der Waals surface area contributed by atoms with Crippen LogP contribution in [0, 0.1) is 13.8 Å². The number of nitrogens with two attached hydrogens (primary N) is 1. The quantitative estimate of drug-likeness (QED) is 0.848. The van der Waals surface area contributed by atoms with Crippen LogP contribution in [-0.4, -0.2) is 21.0 Å². The fourth-order valence-electron chi connectivity index (χ4n) is 3.89. The van der Waals surface area contributed by atoms with E-state index in [0.29, 0.717) is 12.0 Å². The van der Waals surface area contributed by atoms with Gasteiger partial charge in [-0.2, -0.15) is 4.98 Å². The predicted octanol–water partition coefficient (Wildman–Crippen LogP) is 4.71. The third-order valence-corrected chi connectivity index (χ3v) is 5.68. The molecule has 3 rings (SSSR count). The van der Waals surface area contributed by atoms with Crippen molar-refractivity contribution in [2.75, 3.05) is 10.6 Å². The van der Waals surface area contributed by atoms with Crippen molar-refractivity contribution in [1.29, 1.82) is 0 Å². The van der Waals surface area contributed by atoms with Gasteiger partial charge >= 0.3 is 0 Å². The molecule has 2 aromatic heterocycles. The Kier molecular flexibility index (Phi) is 5.68. The molecule has 2 aromatic rings. The molecule has 2 heterocycles. The zero-order valence-electron chi connectivity index (χ0n) is 17.4. The van der Waals surface area contributed by atoms with Crippen LogP contribution in [0.4, 0.5) is 11.8 Å². The molecule has 5 heteroatoms. The molecule has 0 atom stereocenters. The summed E-state index contributed by atoms with van der Waals surface area (Å²) < 4.78 is 0. The first-order valence-corrected chi connectivity index (χ1v) is 10.1. The fraction of sp³-hybridized carbons (Fsp3) is 0.591. The summed E-state index contributed by atoms with van der Waals surface area (Å²) >= 11 is 0. The Morgan fingerprint density at radius 1 is 1.11 bits per heavy atom. The molecule has 0 spiro atoms. The lowest BCUT2D eigenvalue weighted by Crippen LogP contribution is -2.38. The molecule has 27 heavy (non-hydrogen) atoms. The van der Waals surface area contributed by atoms with Crippen molar-refractivity contribution in [1.82, 2.24) is 15.0 Å². The highest BCUT2D eigenvalue weighted by molar-refractivity contribution is 5.52. The van der Waals surface area contributed by atoms with Crippen molar-refractivity contribution in [2.24, 2.45) is 0 Å². The lowest BCUT2D eigenvalue weighted by Gasteiger charge is -2.36. The van der Waals surface area contributed by atoms with E-state index in [0.717, 1.165) is 29.3 Å². The maximum Gasteiger partial charge on any atom is 0.222 e. The fourth-order valence-corrected chi connectivity index (χ4v) is 3.89. The highest BCUT2D eigenvalue weighted by Gasteiger charge is 2.26. The Balaban J connectivity index is 1.99. The maximum atomic E-state index is 6.01. The second-order valence-corrected chi connectivity index (χ2v) is 8.82. The lowest BCUT2D eigenvalue weighted by molar-refractivity contribution is 0.409. The van der Waals surface area contributed by atoms with Crippen LogP contribution in [0.15, 0.2) is 18.3 Å². The van der Waals surface area contributed by atoms with E-state index >= 15 is 0 Å². The standard InChI is InChI=1S/C22H33N5/c1-15-16(2)25-21(23)26-20(15)27(19-9-7-6-8-10-19)14-18-13-17(11-12-24-18)22(3,4)5/h11-13,19H,6-10,14H2,1-5H3,(H2,23,25,26). The van der Waals surface area contributed by atoms with Crippen LogP contribution in [0.2, 0.25) is 0 Å². The van der Waals surface area contributed by atoms with Crippen molar-refractivity contribution in [3.8, 4) is 0 Å². The van der Waals surface area contributed by atoms with Gasteiger partial charge in [-0.3, -0.25) is 4.98 Å². The van der Waals surface area contributed by atoms with Crippen LogP contribution < -0.4 is 10.6 Å². The monoisotopic (exact) mass is 367 g/mol. The van der Waals surface area contributed by atoms with Crippen molar-refractivity contribution in [3.05, 3.63) is 40.8 Å². The predicted molar refractivity (Wildman–Crippen MR) is 112 cm³/mol. The van der Waals surface area contributed by atoms with Gasteiger partial charge in [0.05, 0.1) is 12.2 Å². The average molecular weight is 368 g/mol. The number of pyridine rings is 1. The topological polar surface area (TPSA) is 67.9 Å². The van der Waals surface area contributed by atoms with Gasteiger partial charge in [-0.1, -0.05) is 40.0 Å². The van der Waals surface area contributed by atoms with Crippen LogP contribution in [0.3, 0.4) is 0 Å². The van der Waals surface area contributed by atoms with Gasteiger partial charge in [0.25, 0.3) is 0 Å². The SMILES string of the molecule is Cc1nc(N)nc(N(Cc2cc(C(C)(C)C)ccn2)C2CCCCC2)c1C. The highest BCUT2D eigenvalue weighted by Crippen LogP contribution is 2.31. The number of nitrogens with zero attached hydrogens (tertiary/aromatic N) is 4. The van der Waals surface area contributed by atoms with Crippen LogP contribution in [0.1, 0.15) is 75.4 Å². The summed E-state index contributed by atoms with van der Waals surface area (Å²) in [5.41, 5.74) is 10.6. The van der Waals surface area contributed by atoms with Crippen LogP contribution in [-0.2, 0) is 12.0 Å². The van der Waals surface area contributed by atoms with E-state index in [1.807, 2.05) is 13.1 Å². The highest BCUT2D eigenvalue weighted by atomic mass is 15.2. The number of aromatic nitrogens is 3. The Bertz CT molecular complexity index is 788. The van der Waals surface area contributed by atoms with E-state index in [9.17, 15) is 0 Å². The molecule has 0 bridgehead atoms. The molecule has 0 unspecified atom stereocenters. The lowest BCUT2D eigenvalue weighted by atomic mass is 9.87. The van der Waals surface area contributed by atoms with E-state index < -0.39 is 0 Å². The van der Waals surface area contributed by atoms with Crippen molar-refractivity contribution < 1.29 is 0 Å². The summed E-state index contributed by atoms with van der Waals surface area (Å²) in [4.78, 5) is 16.1. The van der Waals surface area contributed by atoms with Gasteiger partial charge in [-0.15, -0.1) is 0 Å². The Morgan fingerprint density at radius 3 is 2.48 bits per heavy atom. The third-order valence-electron chi connectivity index (χ3n) is 5.68. The first-order valence-electron chi connectivity index (χ1n) is 10.1. The van der Waals surface area contributed by atoms with E-state index in [1.165, 1.54) is 37.7 Å². The van der Waals surface area contributed by atoms with Crippen molar-refractivity contribution in [3.63, 3.8) is 0 Å². The Hall–Kier alpha value is -2.17. The summed E-state index contributed by atoms with van der Waals surface area (Å²) in [6, 6.07) is 4.83. The number of hydrogen-bond acceptors (Lipinski definition) is 5. The van der Waals surface area contributed by atoms with E-state index in [4.69, 9.17) is 5.73 Å². The summed E-state index contributed by atoms with van der Waals surface area (Å²) in [7, 11) is 0. The van der Waals surface area contributed by atoms with Gasteiger partial charge in [0.1, 0.15) is 5.82 Å². The largest absolute Gasteiger partial charge is 0.368 e.